The van der Waals surface area contributed by atoms with Crippen LogP contribution in [0.1, 0.15) is 25.0 Å². The Labute approximate surface area is 165 Å². The van der Waals surface area contributed by atoms with E-state index in [9.17, 15) is 14.4 Å². The van der Waals surface area contributed by atoms with Gasteiger partial charge >= 0.3 is 6.03 Å². The number of likely N-dealkylation sites (N-methyl/N-ethyl adjacent to an activating group) is 1. The maximum absolute atomic E-state index is 13.4. The van der Waals surface area contributed by atoms with Crippen LogP contribution < -0.4 is 5.32 Å². The van der Waals surface area contributed by atoms with Crippen LogP contribution in [0.4, 0.5) is 4.79 Å². The number of nitrogens with one attached hydrogen (secondary N) is 1. The fourth-order valence-corrected chi connectivity index (χ4v) is 3.62. The van der Waals surface area contributed by atoms with Crippen LogP contribution >= 0.6 is 0 Å². The molecule has 2 aromatic carbocycles. The van der Waals surface area contributed by atoms with Crippen molar-refractivity contribution in [2.75, 3.05) is 19.6 Å². The number of carbonyl (C=O) groups is 3. The van der Waals surface area contributed by atoms with Crippen molar-refractivity contribution < 1.29 is 14.4 Å². The predicted molar refractivity (Wildman–Crippen MR) is 106 cm³/mol. The van der Waals surface area contributed by atoms with Crippen LogP contribution in [0.5, 0.6) is 0 Å². The molecule has 0 radical (unpaired) electrons. The van der Waals surface area contributed by atoms with Crippen molar-refractivity contribution in [3.8, 4) is 0 Å². The number of hydrogen-bond acceptors (Lipinski definition) is 3. The van der Waals surface area contributed by atoms with E-state index in [-0.39, 0.29) is 12.5 Å². The minimum atomic E-state index is -1.22. The quantitative estimate of drug-likeness (QED) is 0.752. The topological polar surface area (TPSA) is 69.7 Å². The molecule has 3 rings (SSSR count). The zero-order valence-electron chi connectivity index (χ0n) is 16.2. The fourth-order valence-electron chi connectivity index (χ4n) is 3.62. The summed E-state index contributed by atoms with van der Waals surface area (Å²) in [5.41, 5.74) is 0.412. The molecule has 6 nitrogen and oxygen atoms in total. The summed E-state index contributed by atoms with van der Waals surface area (Å²) in [4.78, 5) is 41.3. The first-order valence-corrected chi connectivity index (χ1v) is 9.53. The molecule has 4 amide bonds. The van der Waals surface area contributed by atoms with Crippen molar-refractivity contribution in [1.82, 2.24) is 15.1 Å². The van der Waals surface area contributed by atoms with Crippen LogP contribution in [0, 0.1) is 0 Å². The SMILES string of the molecule is CCN(CC)C(=O)CN1C(=O)NC(Cc2ccccc2)(c2ccccc2)C1=O. The Kier molecular flexibility index (Phi) is 5.78. The maximum atomic E-state index is 13.4. The van der Waals surface area contributed by atoms with Gasteiger partial charge in [0, 0.05) is 19.5 Å². The molecule has 1 saturated heterocycles. The molecule has 1 N–H and O–H groups in total. The molecule has 1 heterocycles. The summed E-state index contributed by atoms with van der Waals surface area (Å²) in [5, 5.41) is 2.88. The van der Waals surface area contributed by atoms with Crippen molar-refractivity contribution in [1.29, 1.82) is 0 Å². The Morgan fingerprint density at radius 3 is 2.11 bits per heavy atom. The molecule has 2 aromatic rings. The third-order valence-corrected chi connectivity index (χ3v) is 5.16. The molecule has 0 aliphatic carbocycles. The third kappa shape index (κ3) is 3.63. The van der Waals surface area contributed by atoms with E-state index in [1.54, 1.807) is 4.90 Å². The molecule has 1 aliphatic rings. The van der Waals surface area contributed by atoms with E-state index in [0.29, 0.717) is 25.1 Å². The number of hydrogen-bond donors (Lipinski definition) is 1. The van der Waals surface area contributed by atoms with Gasteiger partial charge in [-0.1, -0.05) is 60.7 Å². The van der Waals surface area contributed by atoms with E-state index in [1.165, 1.54) is 0 Å². The van der Waals surface area contributed by atoms with Crippen LogP contribution in [0.3, 0.4) is 0 Å². The highest BCUT2D eigenvalue weighted by Gasteiger charge is 2.52. The summed E-state index contributed by atoms with van der Waals surface area (Å²) >= 11 is 0. The van der Waals surface area contributed by atoms with Crippen LogP contribution in [0.15, 0.2) is 60.7 Å². The fraction of sp³-hybridized carbons (Fsp3) is 0.318. The zero-order valence-corrected chi connectivity index (χ0v) is 16.2. The van der Waals surface area contributed by atoms with Crippen LogP contribution in [-0.4, -0.2) is 47.3 Å². The van der Waals surface area contributed by atoms with Gasteiger partial charge in [-0.3, -0.25) is 14.5 Å². The minimum Gasteiger partial charge on any atom is -0.342 e. The summed E-state index contributed by atoms with van der Waals surface area (Å²) in [6, 6.07) is 18.2. The van der Waals surface area contributed by atoms with Gasteiger partial charge in [0.05, 0.1) is 0 Å². The summed E-state index contributed by atoms with van der Waals surface area (Å²) < 4.78 is 0. The van der Waals surface area contributed by atoms with Gasteiger partial charge < -0.3 is 10.2 Å². The molecule has 1 unspecified atom stereocenters. The minimum absolute atomic E-state index is 0.239. The third-order valence-electron chi connectivity index (χ3n) is 5.16. The normalized spacial score (nSPS) is 18.9. The first-order valence-electron chi connectivity index (χ1n) is 9.53. The molecule has 0 spiro atoms. The molecular formula is C22H25N3O3. The van der Waals surface area contributed by atoms with Gasteiger partial charge in [0.25, 0.3) is 5.91 Å². The Hall–Kier alpha value is -3.15. The largest absolute Gasteiger partial charge is 0.342 e. The number of benzene rings is 2. The van der Waals surface area contributed by atoms with Crippen LogP contribution in [0.2, 0.25) is 0 Å². The van der Waals surface area contributed by atoms with E-state index in [1.807, 2.05) is 74.5 Å². The summed E-state index contributed by atoms with van der Waals surface area (Å²) in [6.07, 6.45) is 0.318. The number of urea groups is 1. The van der Waals surface area contributed by atoms with Crippen LogP contribution in [-0.2, 0) is 21.5 Å². The first kappa shape index (κ1) is 19.6. The Balaban J connectivity index is 1.96. The lowest BCUT2D eigenvalue weighted by atomic mass is 9.83. The second-order valence-electron chi connectivity index (χ2n) is 6.82. The van der Waals surface area contributed by atoms with E-state index in [0.717, 1.165) is 10.5 Å². The lowest BCUT2D eigenvalue weighted by molar-refractivity contribution is -0.139. The van der Waals surface area contributed by atoms with E-state index in [4.69, 9.17) is 0 Å². The predicted octanol–water partition coefficient (Wildman–Crippen LogP) is 2.54. The zero-order chi connectivity index (χ0) is 20.1. The van der Waals surface area contributed by atoms with Gasteiger partial charge in [-0.25, -0.2) is 4.79 Å². The van der Waals surface area contributed by atoms with E-state index < -0.39 is 17.5 Å². The molecule has 146 valence electrons. The Bertz CT molecular complexity index is 850. The second kappa shape index (κ2) is 8.25. The number of nitrogens with zero attached hydrogens (tertiary/aromatic N) is 2. The molecule has 0 saturated carbocycles. The molecular weight excluding hydrogens is 354 g/mol. The molecule has 1 aliphatic heterocycles. The number of rotatable bonds is 7. The Morgan fingerprint density at radius 1 is 0.964 bits per heavy atom. The lowest BCUT2D eigenvalue weighted by Gasteiger charge is -2.28. The van der Waals surface area contributed by atoms with Gasteiger partial charge in [-0.05, 0) is 25.0 Å². The highest BCUT2D eigenvalue weighted by atomic mass is 16.2. The van der Waals surface area contributed by atoms with Gasteiger partial charge in [0.1, 0.15) is 6.54 Å². The first-order chi connectivity index (χ1) is 13.5. The maximum Gasteiger partial charge on any atom is 0.325 e. The van der Waals surface area contributed by atoms with Crippen molar-refractivity contribution >= 4 is 17.8 Å². The van der Waals surface area contributed by atoms with E-state index in [2.05, 4.69) is 5.32 Å². The summed E-state index contributed by atoms with van der Waals surface area (Å²) in [5.74, 6) is -0.634. The highest BCUT2D eigenvalue weighted by Crippen LogP contribution is 2.33. The monoisotopic (exact) mass is 379 g/mol. The van der Waals surface area contributed by atoms with Crippen LogP contribution in [0.25, 0.3) is 0 Å². The molecule has 1 fully saturated rings. The summed E-state index contributed by atoms with van der Waals surface area (Å²) in [7, 11) is 0. The molecule has 6 heteroatoms. The highest BCUT2D eigenvalue weighted by molar-refractivity contribution is 6.09. The van der Waals surface area contributed by atoms with Gasteiger partial charge in [0.2, 0.25) is 5.91 Å². The smallest absolute Gasteiger partial charge is 0.325 e. The molecule has 28 heavy (non-hydrogen) atoms. The average Bonchev–Trinajstić information content (AvgIpc) is 2.95. The van der Waals surface area contributed by atoms with Gasteiger partial charge in [-0.15, -0.1) is 0 Å². The van der Waals surface area contributed by atoms with Crippen molar-refractivity contribution in [2.45, 2.75) is 25.8 Å². The number of carbonyl (C=O) groups excluding carboxylic acids is 3. The van der Waals surface area contributed by atoms with Gasteiger partial charge in [0.15, 0.2) is 5.54 Å². The van der Waals surface area contributed by atoms with E-state index >= 15 is 0 Å². The molecule has 1 atom stereocenters. The standard InChI is InChI=1S/C22H25N3O3/c1-3-24(4-2)19(26)16-25-20(27)22(23-21(25)28,18-13-9-6-10-14-18)15-17-11-7-5-8-12-17/h5-14H,3-4,15-16H2,1-2H3,(H,23,28). The molecule has 0 bridgehead atoms. The average molecular weight is 379 g/mol. The van der Waals surface area contributed by atoms with Crippen molar-refractivity contribution in [3.63, 3.8) is 0 Å². The molecule has 0 aromatic heterocycles. The lowest BCUT2D eigenvalue weighted by Crippen LogP contribution is -2.47. The number of amides is 4. The van der Waals surface area contributed by atoms with Crippen molar-refractivity contribution in [2.24, 2.45) is 0 Å². The van der Waals surface area contributed by atoms with Crippen molar-refractivity contribution in [3.05, 3.63) is 71.8 Å². The second-order valence-corrected chi connectivity index (χ2v) is 6.82. The van der Waals surface area contributed by atoms with Gasteiger partial charge in [-0.2, -0.15) is 0 Å². The summed E-state index contributed by atoms with van der Waals surface area (Å²) in [6.45, 7) is 4.56. The number of imide groups is 1. The Morgan fingerprint density at radius 2 is 1.54 bits per heavy atom.